The van der Waals surface area contributed by atoms with Crippen molar-refractivity contribution in [3.05, 3.63) is 82.6 Å². The van der Waals surface area contributed by atoms with Crippen LogP contribution in [0.15, 0.2) is 72.1 Å². The molecule has 0 fully saturated rings. The number of carbonyl (C=O) groups is 2. The lowest BCUT2D eigenvalue weighted by Gasteiger charge is -2.07. The molecule has 0 aliphatic carbocycles. The van der Waals surface area contributed by atoms with Gasteiger partial charge in [-0.2, -0.15) is 0 Å². The highest BCUT2D eigenvalue weighted by molar-refractivity contribution is 7.09. The van der Waals surface area contributed by atoms with Crippen molar-refractivity contribution in [2.24, 2.45) is 0 Å². The van der Waals surface area contributed by atoms with Gasteiger partial charge in [0.2, 0.25) is 0 Å². The minimum Gasteiger partial charge on any atom is -0.452 e. The van der Waals surface area contributed by atoms with Crippen molar-refractivity contribution in [3.63, 3.8) is 0 Å². The third-order valence-corrected chi connectivity index (χ3v) is 4.48. The molecule has 126 valence electrons. The van der Waals surface area contributed by atoms with E-state index in [9.17, 15) is 9.59 Å². The van der Waals surface area contributed by atoms with Crippen LogP contribution >= 0.6 is 11.3 Å². The number of amides is 1. The van der Waals surface area contributed by atoms with Crippen molar-refractivity contribution in [3.8, 4) is 11.1 Å². The fourth-order valence-electron chi connectivity index (χ4n) is 2.29. The predicted octanol–water partition coefficient (Wildman–Crippen LogP) is 3.89. The third-order valence-electron chi connectivity index (χ3n) is 3.60. The largest absolute Gasteiger partial charge is 0.452 e. The van der Waals surface area contributed by atoms with E-state index in [2.05, 4.69) is 5.32 Å². The fraction of sp³-hybridized carbons (Fsp3) is 0.100. The van der Waals surface area contributed by atoms with Crippen LogP contribution in [0.25, 0.3) is 11.1 Å². The molecular weight excluding hydrogens is 334 g/mol. The molecule has 1 heterocycles. The van der Waals surface area contributed by atoms with Gasteiger partial charge in [-0.05, 0) is 34.7 Å². The molecule has 3 aromatic rings. The Morgan fingerprint density at radius 2 is 1.60 bits per heavy atom. The zero-order valence-corrected chi connectivity index (χ0v) is 14.3. The Morgan fingerprint density at radius 3 is 2.28 bits per heavy atom. The van der Waals surface area contributed by atoms with E-state index in [1.807, 2.05) is 60.0 Å². The summed E-state index contributed by atoms with van der Waals surface area (Å²) in [5.41, 5.74) is 2.52. The van der Waals surface area contributed by atoms with Gasteiger partial charge in [0.1, 0.15) is 0 Å². The molecule has 0 unspecified atom stereocenters. The van der Waals surface area contributed by atoms with Crippen LogP contribution in [0.2, 0.25) is 0 Å². The number of benzene rings is 2. The third kappa shape index (κ3) is 4.78. The monoisotopic (exact) mass is 351 g/mol. The molecule has 1 aromatic heterocycles. The van der Waals surface area contributed by atoms with Crippen LogP contribution in [0.1, 0.15) is 15.2 Å². The van der Waals surface area contributed by atoms with E-state index in [4.69, 9.17) is 4.74 Å². The van der Waals surface area contributed by atoms with Crippen molar-refractivity contribution >= 4 is 23.2 Å². The van der Waals surface area contributed by atoms with Gasteiger partial charge in [0, 0.05) is 4.88 Å². The average Bonchev–Trinajstić information content (AvgIpc) is 3.19. The molecule has 5 heteroatoms. The van der Waals surface area contributed by atoms with Gasteiger partial charge in [-0.15, -0.1) is 11.3 Å². The summed E-state index contributed by atoms with van der Waals surface area (Å²) in [6.07, 6.45) is 0. The number of thiophene rings is 1. The maximum Gasteiger partial charge on any atom is 0.338 e. The highest BCUT2D eigenvalue weighted by Gasteiger charge is 2.10. The highest BCUT2D eigenvalue weighted by Crippen LogP contribution is 2.19. The summed E-state index contributed by atoms with van der Waals surface area (Å²) in [5.74, 6) is -0.825. The first kappa shape index (κ1) is 16.9. The average molecular weight is 351 g/mol. The Hall–Kier alpha value is -2.92. The Bertz CT molecular complexity index is 827. The summed E-state index contributed by atoms with van der Waals surface area (Å²) in [5, 5.41) is 4.66. The minimum atomic E-state index is -0.508. The molecule has 0 spiro atoms. The Labute approximate surface area is 150 Å². The zero-order chi connectivity index (χ0) is 17.5. The number of hydrogen-bond donors (Lipinski definition) is 1. The summed E-state index contributed by atoms with van der Waals surface area (Å²) in [6, 6.07) is 20.9. The molecule has 3 rings (SSSR count). The summed E-state index contributed by atoms with van der Waals surface area (Å²) < 4.78 is 5.06. The van der Waals surface area contributed by atoms with Crippen molar-refractivity contribution in [1.29, 1.82) is 0 Å². The second kappa shape index (κ2) is 8.26. The van der Waals surface area contributed by atoms with Crippen LogP contribution in [0.3, 0.4) is 0 Å². The number of rotatable bonds is 6. The van der Waals surface area contributed by atoms with Gasteiger partial charge in [0.25, 0.3) is 5.91 Å². The quantitative estimate of drug-likeness (QED) is 0.686. The van der Waals surface area contributed by atoms with Gasteiger partial charge < -0.3 is 10.1 Å². The molecule has 0 saturated heterocycles. The summed E-state index contributed by atoms with van der Waals surface area (Å²) >= 11 is 1.56. The molecule has 25 heavy (non-hydrogen) atoms. The zero-order valence-electron chi connectivity index (χ0n) is 13.5. The number of esters is 1. The molecular formula is C20H17NO3S. The number of ether oxygens (including phenoxy) is 1. The molecule has 1 N–H and O–H groups in total. The summed E-state index contributed by atoms with van der Waals surface area (Å²) in [7, 11) is 0. The van der Waals surface area contributed by atoms with Crippen LogP contribution < -0.4 is 5.32 Å². The van der Waals surface area contributed by atoms with Gasteiger partial charge in [-0.25, -0.2) is 4.79 Å². The highest BCUT2D eigenvalue weighted by atomic mass is 32.1. The first-order chi connectivity index (χ1) is 12.2. The Morgan fingerprint density at radius 1 is 0.880 bits per heavy atom. The van der Waals surface area contributed by atoms with Crippen molar-refractivity contribution in [2.45, 2.75) is 6.54 Å². The van der Waals surface area contributed by atoms with Crippen molar-refractivity contribution in [2.75, 3.05) is 6.61 Å². The van der Waals surface area contributed by atoms with Gasteiger partial charge in [0.15, 0.2) is 6.61 Å². The molecule has 0 atom stereocenters. The van der Waals surface area contributed by atoms with E-state index >= 15 is 0 Å². The van der Waals surface area contributed by atoms with Gasteiger partial charge in [0.05, 0.1) is 12.1 Å². The van der Waals surface area contributed by atoms with Crippen LogP contribution in [-0.4, -0.2) is 18.5 Å². The number of hydrogen-bond acceptors (Lipinski definition) is 4. The molecule has 0 aliphatic heterocycles. The smallest absolute Gasteiger partial charge is 0.338 e. The number of nitrogens with one attached hydrogen (secondary N) is 1. The minimum absolute atomic E-state index is 0.287. The molecule has 2 aromatic carbocycles. The topological polar surface area (TPSA) is 55.4 Å². The van der Waals surface area contributed by atoms with E-state index in [0.29, 0.717) is 12.1 Å². The summed E-state index contributed by atoms with van der Waals surface area (Å²) in [6.45, 7) is 0.157. The normalized spacial score (nSPS) is 10.2. The van der Waals surface area contributed by atoms with Crippen molar-refractivity contribution < 1.29 is 14.3 Å². The molecule has 0 aliphatic rings. The van der Waals surface area contributed by atoms with Gasteiger partial charge >= 0.3 is 5.97 Å². The lowest BCUT2D eigenvalue weighted by atomic mass is 10.0. The number of carbonyl (C=O) groups excluding carboxylic acids is 2. The van der Waals surface area contributed by atoms with Crippen molar-refractivity contribution in [1.82, 2.24) is 5.32 Å². The fourth-order valence-corrected chi connectivity index (χ4v) is 2.94. The molecule has 0 radical (unpaired) electrons. The molecule has 0 saturated carbocycles. The standard InChI is InChI=1S/C20H17NO3S/c22-19(21-13-18-7-4-12-25-18)14-24-20(23)17-10-8-16(9-11-17)15-5-2-1-3-6-15/h1-12H,13-14H2,(H,21,22). The van der Waals surface area contributed by atoms with E-state index < -0.39 is 5.97 Å². The van der Waals surface area contributed by atoms with Crippen LogP contribution in [0, 0.1) is 0 Å². The lowest BCUT2D eigenvalue weighted by Crippen LogP contribution is -2.28. The Kier molecular flexibility index (Phi) is 5.59. The molecule has 4 nitrogen and oxygen atoms in total. The van der Waals surface area contributed by atoms with E-state index in [-0.39, 0.29) is 12.5 Å². The first-order valence-corrected chi connectivity index (χ1v) is 8.72. The maximum absolute atomic E-state index is 12.0. The molecule has 0 bridgehead atoms. The SMILES string of the molecule is O=C(COC(=O)c1ccc(-c2ccccc2)cc1)NCc1cccs1. The van der Waals surface area contributed by atoms with E-state index in [1.54, 1.807) is 23.5 Å². The Balaban J connectivity index is 1.50. The summed E-state index contributed by atoms with van der Waals surface area (Å²) in [4.78, 5) is 24.8. The maximum atomic E-state index is 12.0. The molecule has 1 amide bonds. The predicted molar refractivity (Wildman–Crippen MR) is 98.3 cm³/mol. The first-order valence-electron chi connectivity index (χ1n) is 7.84. The second-order valence-corrected chi connectivity index (χ2v) is 6.41. The van der Waals surface area contributed by atoms with E-state index in [1.165, 1.54) is 0 Å². The van der Waals surface area contributed by atoms with Gasteiger partial charge in [-0.1, -0.05) is 48.5 Å². The van der Waals surface area contributed by atoms with Gasteiger partial charge in [-0.3, -0.25) is 4.79 Å². The lowest BCUT2D eigenvalue weighted by molar-refractivity contribution is -0.124. The van der Waals surface area contributed by atoms with Crippen LogP contribution in [0.4, 0.5) is 0 Å². The second-order valence-electron chi connectivity index (χ2n) is 5.38. The van der Waals surface area contributed by atoms with Crippen LogP contribution in [-0.2, 0) is 16.1 Å². The van der Waals surface area contributed by atoms with Crippen LogP contribution in [0.5, 0.6) is 0 Å². The van der Waals surface area contributed by atoms with E-state index in [0.717, 1.165) is 16.0 Å².